The van der Waals surface area contributed by atoms with E-state index in [2.05, 4.69) is 25.8 Å². The Labute approximate surface area is 355 Å². The summed E-state index contributed by atoms with van der Waals surface area (Å²) in [6, 6.07) is 7.66. The van der Waals surface area contributed by atoms with Crippen molar-refractivity contribution in [1.29, 1.82) is 0 Å². The van der Waals surface area contributed by atoms with Gasteiger partial charge in [0.15, 0.2) is 11.9 Å². The molecule has 2 atom stereocenters. The third-order valence-electron chi connectivity index (χ3n) is 11.2. The number of fused-ring (bicyclic) bond motifs is 3. The number of anilines is 1. The lowest BCUT2D eigenvalue weighted by atomic mass is 10.1. The number of aryl methyl sites for hydroxylation is 2. The van der Waals surface area contributed by atoms with Crippen LogP contribution in [0.4, 0.5) is 5.82 Å². The fourth-order valence-corrected chi connectivity index (χ4v) is 8.63. The number of rotatable bonds is 36. The van der Waals surface area contributed by atoms with Gasteiger partial charge >= 0.3 is 19.5 Å². The van der Waals surface area contributed by atoms with Crippen molar-refractivity contribution in [2.75, 3.05) is 25.1 Å². The average molecular weight is 843 g/mol. The Morgan fingerprint density at radius 3 is 1.76 bits per heavy atom. The molecule has 59 heavy (non-hydrogen) atoms. The van der Waals surface area contributed by atoms with Crippen molar-refractivity contribution in [3.8, 4) is 0 Å². The number of benzene rings is 1. The molecule has 0 amide bonds. The quantitative estimate of drug-likeness (QED) is 0.0328. The Hall–Kier alpha value is -3.01. The van der Waals surface area contributed by atoms with E-state index in [0.717, 1.165) is 73.6 Å². The van der Waals surface area contributed by atoms with Gasteiger partial charge in [-0.2, -0.15) is 0 Å². The van der Waals surface area contributed by atoms with E-state index in [0.29, 0.717) is 24.2 Å². The highest BCUT2D eigenvalue weighted by molar-refractivity contribution is 7.52. The highest BCUT2D eigenvalue weighted by atomic mass is 31.2. The number of aromatic nitrogens is 3. The number of imidazole rings is 1. The van der Waals surface area contributed by atoms with Crippen molar-refractivity contribution in [3.05, 3.63) is 30.1 Å². The van der Waals surface area contributed by atoms with E-state index in [-0.39, 0.29) is 44.7 Å². The minimum Gasteiger partial charge on any atom is -0.462 e. The first-order valence-corrected chi connectivity index (χ1v) is 25.3. The number of para-hydroxylation sites is 1. The standard InChI is InChI=1S/C47H79N4O7P/c1-4-7-10-12-14-16-18-20-22-24-26-33-43(52)56-37-39(58-44(53)34-27-25-23-21-19-17-15-13-11-8-5-2)38-57-59(54,55)36-35-51-42(32-9-6-3)50-45-46(51)40-30-28-29-31-41(40)49-47(45)48/h28-31,39H,4-27,32-38H2,1-3H3,(H2,48,49)(H,54,55). The number of carbonyl (C=O) groups excluding carboxylic acids is 2. The first-order chi connectivity index (χ1) is 28.7. The summed E-state index contributed by atoms with van der Waals surface area (Å²) in [6.45, 7) is 6.14. The fraction of sp³-hybridized carbons (Fsp3) is 0.745. The highest BCUT2D eigenvalue weighted by Gasteiger charge is 2.27. The largest absolute Gasteiger partial charge is 0.462 e. The zero-order valence-electron chi connectivity index (χ0n) is 37.1. The second-order valence-electron chi connectivity index (χ2n) is 16.5. The Bertz CT molecular complexity index is 1660. The normalized spacial score (nSPS) is 13.2. The van der Waals surface area contributed by atoms with Crippen molar-refractivity contribution >= 4 is 47.3 Å². The zero-order chi connectivity index (χ0) is 42.6. The molecular formula is C47H79N4O7P. The molecule has 3 N–H and O–H groups in total. The van der Waals surface area contributed by atoms with E-state index in [1.807, 2.05) is 28.8 Å². The number of nitrogens with zero attached hydrogens (tertiary/aromatic N) is 3. The molecule has 0 aliphatic rings. The molecule has 2 unspecified atom stereocenters. The minimum absolute atomic E-state index is 0.161. The molecule has 0 radical (unpaired) electrons. The van der Waals surface area contributed by atoms with Crippen LogP contribution in [0.5, 0.6) is 0 Å². The molecule has 2 aromatic heterocycles. The van der Waals surface area contributed by atoms with Crippen LogP contribution in [0.15, 0.2) is 24.3 Å². The molecule has 0 aliphatic carbocycles. The van der Waals surface area contributed by atoms with Gasteiger partial charge in [0.05, 0.1) is 23.8 Å². The van der Waals surface area contributed by atoms with Gasteiger partial charge in [-0.1, -0.05) is 174 Å². The topological polar surface area (TPSA) is 156 Å². The molecule has 0 fully saturated rings. The molecule has 11 nitrogen and oxygen atoms in total. The molecule has 1 aromatic carbocycles. The van der Waals surface area contributed by atoms with Crippen LogP contribution < -0.4 is 5.73 Å². The van der Waals surface area contributed by atoms with Crippen molar-refractivity contribution in [2.24, 2.45) is 0 Å². The zero-order valence-corrected chi connectivity index (χ0v) is 38.0. The Morgan fingerprint density at radius 2 is 1.20 bits per heavy atom. The predicted molar refractivity (Wildman–Crippen MR) is 242 cm³/mol. The van der Waals surface area contributed by atoms with Gasteiger partial charge in [-0.05, 0) is 25.3 Å². The van der Waals surface area contributed by atoms with Crippen molar-refractivity contribution in [2.45, 2.75) is 207 Å². The average Bonchev–Trinajstić information content (AvgIpc) is 3.60. The molecule has 0 bridgehead atoms. The van der Waals surface area contributed by atoms with Crippen molar-refractivity contribution in [1.82, 2.24) is 14.5 Å². The van der Waals surface area contributed by atoms with Gasteiger partial charge in [0.1, 0.15) is 17.9 Å². The molecule has 3 aromatic rings. The first-order valence-electron chi connectivity index (χ1n) is 23.5. The van der Waals surface area contributed by atoms with Crippen LogP contribution in [0, 0.1) is 0 Å². The Morgan fingerprint density at radius 1 is 0.695 bits per heavy atom. The van der Waals surface area contributed by atoms with Crippen LogP contribution in [-0.2, 0) is 41.1 Å². The lowest BCUT2D eigenvalue weighted by molar-refractivity contribution is -0.161. The minimum atomic E-state index is -4.19. The van der Waals surface area contributed by atoms with Gasteiger partial charge in [0, 0.05) is 31.2 Å². The van der Waals surface area contributed by atoms with Crippen molar-refractivity contribution in [3.63, 3.8) is 0 Å². The van der Waals surface area contributed by atoms with Gasteiger partial charge in [0.2, 0.25) is 0 Å². The maximum absolute atomic E-state index is 13.6. The lowest BCUT2D eigenvalue weighted by Crippen LogP contribution is -2.29. The molecule has 12 heteroatoms. The summed E-state index contributed by atoms with van der Waals surface area (Å²) in [7, 11) is -4.19. The van der Waals surface area contributed by atoms with Crippen LogP contribution in [0.25, 0.3) is 21.9 Å². The van der Waals surface area contributed by atoms with Crippen LogP contribution in [-0.4, -0.2) is 56.8 Å². The lowest BCUT2D eigenvalue weighted by Gasteiger charge is -2.21. The third-order valence-corrected chi connectivity index (χ3v) is 12.5. The van der Waals surface area contributed by atoms with E-state index in [4.69, 9.17) is 24.7 Å². The summed E-state index contributed by atoms with van der Waals surface area (Å²) in [4.78, 5) is 46.1. The second-order valence-corrected chi connectivity index (χ2v) is 18.5. The molecular weight excluding hydrogens is 764 g/mol. The van der Waals surface area contributed by atoms with Crippen LogP contribution in [0.3, 0.4) is 0 Å². The number of esters is 2. The van der Waals surface area contributed by atoms with Crippen molar-refractivity contribution < 1.29 is 33.0 Å². The number of unbranched alkanes of at least 4 members (excludes halogenated alkanes) is 21. The van der Waals surface area contributed by atoms with E-state index in [1.54, 1.807) is 0 Å². The van der Waals surface area contributed by atoms with Gasteiger partial charge in [-0.3, -0.25) is 14.2 Å². The number of nitrogens with two attached hydrogens (primary N) is 1. The molecule has 0 spiro atoms. The highest BCUT2D eigenvalue weighted by Crippen LogP contribution is 2.43. The van der Waals surface area contributed by atoms with Gasteiger partial charge in [-0.15, -0.1) is 0 Å². The predicted octanol–water partition coefficient (Wildman–Crippen LogP) is 12.6. The second kappa shape index (κ2) is 30.1. The van der Waals surface area contributed by atoms with E-state index in [9.17, 15) is 19.0 Å². The maximum Gasteiger partial charge on any atom is 0.330 e. The van der Waals surface area contributed by atoms with Crippen LogP contribution >= 0.6 is 7.60 Å². The Balaban J connectivity index is 1.53. The van der Waals surface area contributed by atoms with E-state index in [1.165, 1.54) is 96.3 Å². The third kappa shape index (κ3) is 20.4. The molecule has 3 rings (SSSR count). The van der Waals surface area contributed by atoms with Gasteiger partial charge in [0.25, 0.3) is 0 Å². The fourth-order valence-electron chi connectivity index (χ4n) is 7.65. The number of pyridine rings is 1. The van der Waals surface area contributed by atoms with Gasteiger partial charge < -0.3 is 29.2 Å². The SMILES string of the molecule is CCCCCCCCCCCCCC(=O)OCC(COP(=O)(O)CCn1c(CCCC)nc2c(N)nc3ccccc3c21)OC(=O)CCCCCCCCCCCCC. The molecule has 0 aliphatic heterocycles. The monoisotopic (exact) mass is 843 g/mol. The van der Waals surface area contributed by atoms with Crippen LogP contribution in [0.1, 0.15) is 194 Å². The number of nitrogen functional groups attached to an aromatic ring is 1. The summed E-state index contributed by atoms with van der Waals surface area (Å²) < 4.78 is 32.4. The molecule has 0 saturated heterocycles. The molecule has 334 valence electrons. The number of hydrogen-bond donors (Lipinski definition) is 2. The molecule has 2 heterocycles. The summed E-state index contributed by atoms with van der Waals surface area (Å²) >= 11 is 0. The Kier molecular flexibility index (Phi) is 25.7. The maximum atomic E-state index is 13.6. The van der Waals surface area contributed by atoms with E-state index < -0.39 is 19.7 Å². The van der Waals surface area contributed by atoms with E-state index >= 15 is 0 Å². The molecule has 0 saturated carbocycles. The van der Waals surface area contributed by atoms with Gasteiger partial charge in [-0.25, -0.2) is 9.97 Å². The smallest absolute Gasteiger partial charge is 0.330 e. The van der Waals surface area contributed by atoms with Crippen LogP contribution in [0.2, 0.25) is 0 Å². The first kappa shape index (κ1) is 50.3. The summed E-state index contributed by atoms with van der Waals surface area (Å²) in [5.74, 6) is 0.291. The number of ether oxygens (including phenoxy) is 2. The summed E-state index contributed by atoms with van der Waals surface area (Å²) in [6.07, 6.45) is 27.8. The summed E-state index contributed by atoms with van der Waals surface area (Å²) in [5.41, 5.74) is 8.41. The summed E-state index contributed by atoms with van der Waals surface area (Å²) in [5, 5.41) is 0.861. The number of hydrogen-bond acceptors (Lipinski definition) is 9. The number of carbonyl (C=O) groups is 2.